The van der Waals surface area contributed by atoms with Crippen LogP contribution in [-0.4, -0.2) is 209 Å². The molecule has 0 bridgehead atoms. The molecule has 7 N–H and O–H groups in total. The fourth-order valence-electron chi connectivity index (χ4n) is 9.44. The van der Waals surface area contributed by atoms with Crippen LogP contribution in [0.4, 0.5) is 0 Å². The molecule has 106 heavy (non-hydrogen) atoms. The number of hydrogen-bond acceptors (Lipinski definition) is 37. The second kappa shape index (κ2) is 42.9. The smallest absolute Gasteiger partial charge is 0.349 e. The molecule has 0 spiro atoms. The zero-order valence-corrected chi connectivity index (χ0v) is 57.3. The van der Waals surface area contributed by atoms with Crippen LogP contribution in [0.15, 0.2) is 109 Å². The third kappa shape index (κ3) is 29.4. The van der Waals surface area contributed by atoms with E-state index in [1.807, 2.05) is 0 Å². The van der Waals surface area contributed by atoms with E-state index in [0.717, 1.165) is 0 Å². The fourth-order valence-corrected chi connectivity index (χ4v) is 9.44. The number of nitrogens with zero attached hydrogens (tertiary/aromatic N) is 3. The van der Waals surface area contributed by atoms with E-state index in [0.29, 0.717) is 87.5 Å². The molecule has 37 nitrogen and oxygen atoms in total. The Balaban J connectivity index is 1.04. The molecule has 0 aliphatic rings. The van der Waals surface area contributed by atoms with Crippen molar-refractivity contribution >= 4 is 104 Å². The van der Waals surface area contributed by atoms with Crippen LogP contribution in [0.5, 0.6) is 17.2 Å². The summed E-state index contributed by atoms with van der Waals surface area (Å²) in [5.74, 6) is -15.9. The highest BCUT2D eigenvalue weighted by molar-refractivity contribution is 5.94. The highest BCUT2D eigenvalue weighted by Crippen LogP contribution is 2.30. The first kappa shape index (κ1) is 84.2. The lowest BCUT2D eigenvalue weighted by Crippen LogP contribution is -2.45. The molecule has 0 aliphatic heterocycles. The predicted molar refractivity (Wildman–Crippen MR) is 349 cm³/mol. The first-order valence-corrected chi connectivity index (χ1v) is 32.4. The Bertz CT molecular complexity index is 4050. The van der Waals surface area contributed by atoms with E-state index in [9.17, 15) is 62.6 Å². The zero-order valence-electron chi connectivity index (χ0n) is 57.3. The minimum absolute atomic E-state index is 0.0409. The molecule has 37 heteroatoms. The number of ether oxygens (including phenoxy) is 12. The summed E-state index contributed by atoms with van der Waals surface area (Å²) in [6.07, 6.45) is -0.948. The van der Waals surface area contributed by atoms with Crippen LogP contribution >= 0.6 is 0 Å². The average molecular weight is 1490 g/mol. The molecule has 4 unspecified atom stereocenters. The molecule has 0 fully saturated rings. The van der Waals surface area contributed by atoms with Crippen molar-refractivity contribution in [3.8, 4) is 17.2 Å². The summed E-state index contributed by atoms with van der Waals surface area (Å²) in [7, 11) is 0. The number of esters is 12. The SMILES string of the molecule is CC(C(=O)OCC(=O)OCCCCON(O)O)c1ccc2cc(OC(=O)COC(=O)CC(O)(CC(=O)OCC(=O)Oc3ccc4ccc(C(C)C(=O)OCC(=O)OCCCCON(O)O)cc4c3)C(=O)OCC(=O)Oc3ccc4cc(C(C)C(=O)OCC(=O)OCCCCON(O)O)ccc4c3)ccc2c1. The van der Waals surface area contributed by atoms with Crippen molar-refractivity contribution in [1.82, 2.24) is 16.2 Å². The highest BCUT2D eigenvalue weighted by Gasteiger charge is 2.44. The molecule has 4 atom stereocenters. The standard InChI is InChI=1S/C69H77N3O34/c1-42(65(81)97-36-59(75)92-22-4-7-25-101-70(86)87)46-12-14-51-31-54(20-17-49(51)28-46)104-62(78)39-95-57(73)34-69(85,68(84)100-41-64(80)105-55-21-18-50-29-47(13-15-52(50)32-55)43(2)66(82)98-37-60(76)93-23-5-8-26-102-71(88)89)35-58(74)96-40-63(79)106-56-19-16-45-10-11-48(30-53(45)33-56)44(3)67(83)99-38-61(77)94-24-6-9-27-103-72(90)91/h10-21,28-33,42-44,85-91H,4-9,22-27,34-41H2,1-3H3. The van der Waals surface area contributed by atoms with Crippen LogP contribution in [0.1, 0.15) is 107 Å². The fraction of sp³-hybridized carbons (Fsp3) is 0.391. The second-order valence-electron chi connectivity index (χ2n) is 23.0. The van der Waals surface area contributed by atoms with Gasteiger partial charge in [-0.05, 0) is 145 Å². The van der Waals surface area contributed by atoms with Crippen LogP contribution < -0.4 is 14.2 Å². The molecule has 0 amide bonds. The Labute approximate surface area is 601 Å². The molecule has 6 aromatic carbocycles. The third-order valence-electron chi connectivity index (χ3n) is 15.1. The topological polar surface area (TPSA) is 495 Å². The van der Waals surface area contributed by atoms with Gasteiger partial charge in [0.05, 0.1) is 86.4 Å². The number of aliphatic hydroxyl groups is 1. The van der Waals surface area contributed by atoms with Crippen LogP contribution in [0, 0.1) is 0 Å². The van der Waals surface area contributed by atoms with Gasteiger partial charge in [-0.2, -0.15) is 0 Å². The molecule has 0 aliphatic carbocycles. The Hall–Kier alpha value is -10.8. The van der Waals surface area contributed by atoms with E-state index in [4.69, 9.17) is 88.1 Å². The van der Waals surface area contributed by atoms with Crippen LogP contribution in [0.2, 0.25) is 0 Å². The molecule has 6 aromatic rings. The van der Waals surface area contributed by atoms with Crippen molar-refractivity contribution < 1.29 is 165 Å². The molecule has 572 valence electrons. The van der Waals surface area contributed by atoms with Crippen LogP contribution in [-0.2, 0) is 115 Å². The molecular weight excluding hydrogens is 1410 g/mol. The molecule has 0 heterocycles. The monoisotopic (exact) mass is 1490 g/mol. The van der Waals surface area contributed by atoms with Gasteiger partial charge in [-0.3, -0.25) is 69.7 Å². The van der Waals surface area contributed by atoms with Gasteiger partial charge in [-0.15, -0.1) is 0 Å². The van der Waals surface area contributed by atoms with Crippen molar-refractivity contribution in [2.24, 2.45) is 0 Å². The summed E-state index contributed by atoms with van der Waals surface area (Å²) in [5, 5.41) is 64.9. The molecule has 0 radical (unpaired) electrons. The van der Waals surface area contributed by atoms with Gasteiger partial charge in [0.1, 0.15) is 17.2 Å². The van der Waals surface area contributed by atoms with E-state index in [2.05, 4.69) is 14.5 Å². The number of rotatable bonds is 44. The van der Waals surface area contributed by atoms with Crippen LogP contribution in [0.25, 0.3) is 32.3 Å². The third-order valence-corrected chi connectivity index (χ3v) is 15.1. The maximum atomic E-state index is 13.7. The van der Waals surface area contributed by atoms with Gasteiger partial charge in [0.25, 0.3) is 0 Å². The van der Waals surface area contributed by atoms with Gasteiger partial charge < -0.3 is 61.9 Å². The van der Waals surface area contributed by atoms with Gasteiger partial charge in [-0.25, -0.2) is 33.6 Å². The number of benzene rings is 6. The van der Waals surface area contributed by atoms with Crippen LogP contribution in [0.3, 0.4) is 0 Å². The normalized spacial score (nSPS) is 12.7. The number of fused-ring (bicyclic) bond motifs is 3. The van der Waals surface area contributed by atoms with Crippen molar-refractivity contribution in [2.45, 2.75) is 95.5 Å². The zero-order chi connectivity index (χ0) is 77.3. The van der Waals surface area contributed by atoms with Gasteiger partial charge in [0.2, 0.25) is 0 Å². The first-order valence-electron chi connectivity index (χ1n) is 32.4. The Morgan fingerprint density at radius 2 is 0.585 bits per heavy atom. The number of hydrogen-bond donors (Lipinski definition) is 7. The Morgan fingerprint density at radius 3 is 0.934 bits per heavy atom. The molecule has 0 saturated heterocycles. The second-order valence-corrected chi connectivity index (χ2v) is 23.0. The minimum Gasteiger partial charge on any atom is -0.463 e. The van der Waals surface area contributed by atoms with E-state index >= 15 is 0 Å². The Kier molecular flexibility index (Phi) is 34.0. The highest BCUT2D eigenvalue weighted by atomic mass is 17.1. The maximum Gasteiger partial charge on any atom is 0.349 e. The summed E-state index contributed by atoms with van der Waals surface area (Å²) in [4.78, 5) is 168. The van der Waals surface area contributed by atoms with Gasteiger partial charge in [0, 0.05) is 0 Å². The molecule has 0 saturated carbocycles. The number of carbonyl (C=O) groups is 12. The van der Waals surface area contributed by atoms with Crippen molar-refractivity contribution in [2.75, 3.05) is 79.3 Å². The lowest BCUT2D eigenvalue weighted by molar-refractivity contribution is -0.492. The summed E-state index contributed by atoms with van der Waals surface area (Å²) in [5.41, 5.74) is -1.83. The average Bonchev–Trinajstić information content (AvgIpc) is 0.826. The number of unbranched alkanes of at least 4 members (excludes halogenated alkanes) is 3. The molecule has 6 rings (SSSR count). The summed E-state index contributed by atoms with van der Waals surface area (Å²) in [6.45, 7) is -1.27. The van der Waals surface area contributed by atoms with E-state index in [1.165, 1.54) is 62.4 Å². The molecule has 0 aromatic heterocycles. The van der Waals surface area contributed by atoms with Crippen molar-refractivity contribution in [3.63, 3.8) is 0 Å². The lowest BCUT2D eigenvalue weighted by Gasteiger charge is -2.24. The summed E-state index contributed by atoms with van der Waals surface area (Å²) < 4.78 is 61.5. The largest absolute Gasteiger partial charge is 0.463 e. The quantitative estimate of drug-likeness (QED) is 0.00833. The summed E-state index contributed by atoms with van der Waals surface area (Å²) >= 11 is 0. The van der Waals surface area contributed by atoms with E-state index in [1.54, 1.807) is 67.6 Å². The van der Waals surface area contributed by atoms with Crippen molar-refractivity contribution in [3.05, 3.63) is 126 Å². The minimum atomic E-state index is -3.23. The lowest BCUT2D eigenvalue weighted by atomic mass is 9.95. The van der Waals surface area contributed by atoms with Gasteiger partial charge in [-0.1, -0.05) is 72.8 Å². The first-order chi connectivity index (χ1) is 50.5. The van der Waals surface area contributed by atoms with E-state index < -0.39 is 164 Å². The summed E-state index contributed by atoms with van der Waals surface area (Å²) in [6, 6.07) is 27.5. The van der Waals surface area contributed by atoms with Crippen molar-refractivity contribution in [1.29, 1.82) is 0 Å². The number of carbonyl (C=O) groups excluding carboxylic acids is 12. The van der Waals surface area contributed by atoms with E-state index in [-0.39, 0.29) is 56.9 Å². The maximum absolute atomic E-state index is 13.7. The predicted octanol–water partition coefficient (Wildman–Crippen LogP) is 5.35. The Morgan fingerprint density at radius 1 is 0.311 bits per heavy atom. The molecular formula is C69H77N3O34. The van der Waals surface area contributed by atoms with Gasteiger partial charge >= 0.3 is 71.6 Å². The van der Waals surface area contributed by atoms with Gasteiger partial charge in [0.15, 0.2) is 45.2 Å².